The summed E-state index contributed by atoms with van der Waals surface area (Å²) in [5.41, 5.74) is 0. The van der Waals surface area contributed by atoms with E-state index >= 15 is 0 Å². The number of hydrogen-bond acceptors (Lipinski definition) is 7. The predicted molar refractivity (Wildman–Crippen MR) is 69.2 cm³/mol. The van der Waals surface area contributed by atoms with Gasteiger partial charge in [-0.3, -0.25) is 9.69 Å². The summed E-state index contributed by atoms with van der Waals surface area (Å²) < 4.78 is 15.5. The minimum absolute atomic E-state index is 0.201. The number of rotatable bonds is 5. The number of nitrogens with zero attached hydrogens (tertiary/aromatic N) is 3. The zero-order valence-electron chi connectivity index (χ0n) is 11.4. The standard InChI is InChI=1S/C13H15N3O5/c1-16(9-7-19-6-8(9)13(17)18)5-11-14-12(21-15-11)10-3-2-4-20-10/h2-4,8-9H,5-7H2,1H3,(H,17,18). The Morgan fingerprint density at radius 2 is 2.38 bits per heavy atom. The number of ether oxygens (including phenoxy) is 1. The van der Waals surface area contributed by atoms with Crippen LogP contribution in [0.15, 0.2) is 27.3 Å². The van der Waals surface area contributed by atoms with Crippen LogP contribution in [0, 0.1) is 5.92 Å². The van der Waals surface area contributed by atoms with Crippen LogP contribution in [0.25, 0.3) is 11.7 Å². The number of carboxylic acids is 1. The van der Waals surface area contributed by atoms with Gasteiger partial charge >= 0.3 is 5.97 Å². The van der Waals surface area contributed by atoms with Gasteiger partial charge in [0.2, 0.25) is 0 Å². The van der Waals surface area contributed by atoms with Crippen molar-refractivity contribution in [3.63, 3.8) is 0 Å². The van der Waals surface area contributed by atoms with Crippen LogP contribution in [0.1, 0.15) is 5.82 Å². The molecule has 0 radical (unpaired) electrons. The van der Waals surface area contributed by atoms with Crippen molar-refractivity contribution in [2.75, 3.05) is 20.3 Å². The molecular weight excluding hydrogens is 278 g/mol. The van der Waals surface area contributed by atoms with Gasteiger partial charge in [0, 0.05) is 6.04 Å². The molecule has 0 amide bonds. The third-order valence-corrected chi connectivity index (χ3v) is 3.52. The van der Waals surface area contributed by atoms with Crippen molar-refractivity contribution in [2.45, 2.75) is 12.6 Å². The Morgan fingerprint density at radius 3 is 3.10 bits per heavy atom. The third kappa shape index (κ3) is 2.81. The quantitative estimate of drug-likeness (QED) is 0.866. The molecule has 2 unspecified atom stereocenters. The summed E-state index contributed by atoms with van der Waals surface area (Å²) in [4.78, 5) is 17.3. The molecule has 3 heterocycles. The first-order valence-corrected chi connectivity index (χ1v) is 6.52. The molecule has 8 nitrogen and oxygen atoms in total. The van der Waals surface area contributed by atoms with Crippen molar-refractivity contribution in [3.05, 3.63) is 24.2 Å². The van der Waals surface area contributed by atoms with Gasteiger partial charge in [-0.15, -0.1) is 0 Å². The molecule has 1 aliphatic heterocycles. The highest BCUT2D eigenvalue weighted by atomic mass is 16.5. The highest BCUT2D eigenvalue weighted by Crippen LogP contribution is 2.21. The Morgan fingerprint density at radius 1 is 1.52 bits per heavy atom. The van der Waals surface area contributed by atoms with Crippen LogP contribution in [-0.2, 0) is 16.1 Å². The lowest BCUT2D eigenvalue weighted by Crippen LogP contribution is -2.40. The predicted octanol–water partition coefficient (Wildman–Crippen LogP) is 0.861. The maximum absolute atomic E-state index is 11.2. The molecule has 2 atom stereocenters. The summed E-state index contributed by atoms with van der Waals surface area (Å²) in [5.74, 6) is -0.106. The molecule has 1 aliphatic rings. The lowest BCUT2D eigenvalue weighted by molar-refractivity contribution is -0.143. The first-order valence-electron chi connectivity index (χ1n) is 6.52. The van der Waals surface area contributed by atoms with Crippen molar-refractivity contribution in [1.29, 1.82) is 0 Å². The fourth-order valence-corrected chi connectivity index (χ4v) is 2.37. The van der Waals surface area contributed by atoms with Crippen molar-refractivity contribution in [2.24, 2.45) is 5.92 Å². The summed E-state index contributed by atoms with van der Waals surface area (Å²) in [6.07, 6.45) is 1.53. The Labute approximate surface area is 120 Å². The molecule has 21 heavy (non-hydrogen) atoms. The van der Waals surface area contributed by atoms with E-state index in [4.69, 9.17) is 18.8 Å². The molecule has 2 aromatic heterocycles. The van der Waals surface area contributed by atoms with Crippen molar-refractivity contribution in [3.8, 4) is 11.7 Å². The summed E-state index contributed by atoms with van der Waals surface area (Å²) >= 11 is 0. The average Bonchev–Trinajstić information content (AvgIpc) is 3.19. The SMILES string of the molecule is CN(Cc1noc(-c2ccco2)n1)C1COCC1C(=O)O. The van der Waals surface area contributed by atoms with E-state index in [0.29, 0.717) is 30.6 Å². The van der Waals surface area contributed by atoms with Gasteiger partial charge in [-0.2, -0.15) is 4.98 Å². The highest BCUT2D eigenvalue weighted by Gasteiger charge is 2.37. The first-order chi connectivity index (χ1) is 10.1. The van der Waals surface area contributed by atoms with Crippen LogP contribution in [0.2, 0.25) is 0 Å². The molecule has 112 valence electrons. The van der Waals surface area contributed by atoms with E-state index in [-0.39, 0.29) is 12.6 Å². The monoisotopic (exact) mass is 293 g/mol. The maximum atomic E-state index is 11.2. The second-order valence-corrected chi connectivity index (χ2v) is 4.96. The van der Waals surface area contributed by atoms with E-state index in [0.717, 1.165) is 0 Å². The van der Waals surface area contributed by atoms with E-state index in [1.165, 1.54) is 6.26 Å². The van der Waals surface area contributed by atoms with Crippen molar-refractivity contribution < 1.29 is 23.6 Å². The van der Waals surface area contributed by atoms with E-state index in [1.807, 2.05) is 11.9 Å². The lowest BCUT2D eigenvalue weighted by atomic mass is 10.0. The largest absolute Gasteiger partial charge is 0.481 e. The van der Waals surface area contributed by atoms with E-state index < -0.39 is 11.9 Å². The van der Waals surface area contributed by atoms with Crippen LogP contribution < -0.4 is 0 Å². The molecule has 3 rings (SSSR count). The van der Waals surface area contributed by atoms with E-state index in [2.05, 4.69) is 10.1 Å². The Balaban J connectivity index is 1.67. The zero-order chi connectivity index (χ0) is 14.8. The smallest absolute Gasteiger partial charge is 0.310 e. The second kappa shape index (κ2) is 5.66. The summed E-state index contributed by atoms with van der Waals surface area (Å²) in [7, 11) is 1.82. The number of aromatic nitrogens is 2. The fourth-order valence-electron chi connectivity index (χ4n) is 2.37. The zero-order valence-corrected chi connectivity index (χ0v) is 11.4. The molecule has 2 aromatic rings. The summed E-state index contributed by atoms with van der Waals surface area (Å²) in [6.45, 7) is 0.993. The molecule has 0 bridgehead atoms. The number of likely N-dealkylation sites (N-methyl/N-ethyl adjacent to an activating group) is 1. The van der Waals surface area contributed by atoms with Gasteiger partial charge in [0.05, 0.1) is 31.9 Å². The van der Waals surface area contributed by atoms with Gasteiger partial charge in [0.1, 0.15) is 0 Å². The van der Waals surface area contributed by atoms with Crippen LogP contribution >= 0.6 is 0 Å². The van der Waals surface area contributed by atoms with Gasteiger partial charge in [-0.1, -0.05) is 5.16 Å². The summed E-state index contributed by atoms with van der Waals surface area (Å²) in [6, 6.07) is 3.26. The van der Waals surface area contributed by atoms with E-state index in [9.17, 15) is 4.79 Å². The van der Waals surface area contributed by atoms with Gasteiger partial charge in [0.25, 0.3) is 5.89 Å². The molecule has 1 saturated heterocycles. The molecular formula is C13H15N3O5. The minimum atomic E-state index is -0.853. The normalized spacial score (nSPS) is 22.0. The lowest BCUT2D eigenvalue weighted by Gasteiger charge is -2.24. The summed E-state index contributed by atoms with van der Waals surface area (Å²) in [5, 5.41) is 13.0. The number of hydrogen-bond donors (Lipinski definition) is 1. The van der Waals surface area contributed by atoms with Gasteiger partial charge in [0.15, 0.2) is 11.6 Å². The Hall–Kier alpha value is -2.19. The molecule has 1 fully saturated rings. The topological polar surface area (TPSA) is 102 Å². The fraction of sp³-hybridized carbons (Fsp3) is 0.462. The van der Waals surface area contributed by atoms with Crippen LogP contribution in [0.4, 0.5) is 0 Å². The second-order valence-electron chi connectivity index (χ2n) is 4.96. The van der Waals surface area contributed by atoms with Crippen molar-refractivity contribution in [1.82, 2.24) is 15.0 Å². The van der Waals surface area contributed by atoms with Crippen LogP contribution in [-0.4, -0.2) is 52.4 Å². The molecule has 0 aromatic carbocycles. The van der Waals surface area contributed by atoms with Gasteiger partial charge in [-0.25, -0.2) is 0 Å². The number of aliphatic carboxylic acids is 1. The van der Waals surface area contributed by atoms with E-state index in [1.54, 1.807) is 12.1 Å². The Kier molecular flexibility index (Phi) is 3.72. The Bertz CT molecular complexity index is 609. The number of carbonyl (C=O) groups is 1. The molecule has 0 spiro atoms. The van der Waals surface area contributed by atoms with Gasteiger partial charge < -0.3 is 18.8 Å². The third-order valence-electron chi connectivity index (χ3n) is 3.52. The van der Waals surface area contributed by atoms with Crippen molar-refractivity contribution >= 4 is 5.97 Å². The van der Waals surface area contributed by atoms with Crippen LogP contribution in [0.5, 0.6) is 0 Å². The number of carboxylic acid groups (broad SMARTS) is 1. The first kappa shape index (κ1) is 13.8. The minimum Gasteiger partial charge on any atom is -0.481 e. The molecule has 1 N–H and O–H groups in total. The molecule has 0 aliphatic carbocycles. The maximum Gasteiger partial charge on any atom is 0.310 e. The molecule has 0 saturated carbocycles. The van der Waals surface area contributed by atoms with Crippen LogP contribution in [0.3, 0.4) is 0 Å². The highest BCUT2D eigenvalue weighted by molar-refractivity contribution is 5.71. The molecule has 8 heteroatoms. The number of furan rings is 1. The van der Waals surface area contributed by atoms with Gasteiger partial charge in [-0.05, 0) is 19.2 Å². The average molecular weight is 293 g/mol.